The van der Waals surface area contributed by atoms with Crippen molar-refractivity contribution in [1.82, 2.24) is 10.2 Å². The number of nitrogens with one attached hydrogen (secondary N) is 1. The molecule has 0 bridgehead atoms. The molecule has 0 aromatic heterocycles. The molecular formula is C19H21ClN2O3. The van der Waals surface area contributed by atoms with Gasteiger partial charge in [0.15, 0.2) is 0 Å². The molecule has 0 unspecified atom stereocenters. The number of ether oxygens (including phenoxy) is 1. The van der Waals surface area contributed by atoms with Crippen LogP contribution in [0.25, 0.3) is 0 Å². The first kappa shape index (κ1) is 18.8. The van der Waals surface area contributed by atoms with Crippen LogP contribution in [0, 0.1) is 0 Å². The number of hydrogen-bond acceptors (Lipinski definition) is 3. The van der Waals surface area contributed by atoms with Gasteiger partial charge in [-0.1, -0.05) is 35.9 Å². The van der Waals surface area contributed by atoms with Crippen molar-refractivity contribution in [3.8, 4) is 5.75 Å². The van der Waals surface area contributed by atoms with Gasteiger partial charge in [-0.05, 0) is 29.8 Å². The summed E-state index contributed by atoms with van der Waals surface area (Å²) in [5.74, 6) is 0.430. The van der Waals surface area contributed by atoms with Gasteiger partial charge in [0.25, 0.3) is 5.91 Å². The number of benzene rings is 2. The van der Waals surface area contributed by atoms with Crippen molar-refractivity contribution in [3.63, 3.8) is 0 Å². The van der Waals surface area contributed by atoms with Gasteiger partial charge in [0, 0.05) is 26.1 Å². The fourth-order valence-corrected chi connectivity index (χ4v) is 2.36. The standard InChI is InChI=1S/C19H21ClN2O3/c1-14(23)21-13-15-7-9-16(10-8-15)19(24)22(2)11-12-25-18-6-4-3-5-17(18)20/h3-10H,11-13H2,1-2H3,(H,21,23). The van der Waals surface area contributed by atoms with Crippen LogP contribution in [-0.2, 0) is 11.3 Å². The van der Waals surface area contributed by atoms with Crippen LogP contribution >= 0.6 is 11.6 Å². The molecule has 0 radical (unpaired) electrons. The molecular weight excluding hydrogens is 340 g/mol. The Labute approximate surface area is 152 Å². The van der Waals surface area contributed by atoms with Crippen molar-refractivity contribution in [2.45, 2.75) is 13.5 Å². The summed E-state index contributed by atoms with van der Waals surface area (Å²) in [5.41, 5.74) is 1.53. The lowest BCUT2D eigenvalue weighted by Crippen LogP contribution is -2.30. The van der Waals surface area contributed by atoms with Gasteiger partial charge < -0.3 is 15.0 Å². The van der Waals surface area contributed by atoms with Crippen LogP contribution in [-0.4, -0.2) is 36.9 Å². The normalized spacial score (nSPS) is 10.2. The molecule has 25 heavy (non-hydrogen) atoms. The first-order valence-corrected chi connectivity index (χ1v) is 8.31. The average molecular weight is 361 g/mol. The number of halogens is 1. The third-order valence-corrected chi connectivity index (χ3v) is 3.92. The van der Waals surface area contributed by atoms with Gasteiger partial charge in [-0.15, -0.1) is 0 Å². The van der Waals surface area contributed by atoms with Crippen LogP contribution < -0.4 is 10.1 Å². The van der Waals surface area contributed by atoms with E-state index in [9.17, 15) is 9.59 Å². The van der Waals surface area contributed by atoms with E-state index in [0.29, 0.717) is 36.0 Å². The van der Waals surface area contributed by atoms with E-state index in [1.807, 2.05) is 24.3 Å². The zero-order valence-corrected chi connectivity index (χ0v) is 15.0. The van der Waals surface area contributed by atoms with Crippen LogP contribution in [0.1, 0.15) is 22.8 Å². The largest absolute Gasteiger partial charge is 0.490 e. The molecule has 0 atom stereocenters. The maximum atomic E-state index is 12.4. The minimum atomic E-state index is -0.0890. The van der Waals surface area contributed by atoms with E-state index in [2.05, 4.69) is 5.32 Å². The zero-order valence-electron chi connectivity index (χ0n) is 14.3. The lowest BCUT2D eigenvalue weighted by molar-refractivity contribution is -0.119. The van der Waals surface area contributed by atoms with Crippen LogP contribution in [0.3, 0.4) is 0 Å². The van der Waals surface area contributed by atoms with Crippen LogP contribution in [0.15, 0.2) is 48.5 Å². The van der Waals surface area contributed by atoms with Gasteiger partial charge in [0.05, 0.1) is 11.6 Å². The van der Waals surface area contributed by atoms with E-state index in [-0.39, 0.29) is 11.8 Å². The van der Waals surface area contributed by atoms with Gasteiger partial charge in [-0.2, -0.15) is 0 Å². The van der Waals surface area contributed by atoms with E-state index in [1.165, 1.54) is 6.92 Å². The number of amides is 2. The highest BCUT2D eigenvalue weighted by Gasteiger charge is 2.12. The summed E-state index contributed by atoms with van der Waals surface area (Å²) < 4.78 is 5.60. The first-order chi connectivity index (χ1) is 12.0. The first-order valence-electron chi connectivity index (χ1n) is 7.93. The third kappa shape index (κ3) is 5.80. The second-order valence-electron chi connectivity index (χ2n) is 5.61. The van der Waals surface area contributed by atoms with E-state index >= 15 is 0 Å². The van der Waals surface area contributed by atoms with Crippen molar-refractivity contribution in [3.05, 3.63) is 64.7 Å². The number of rotatable bonds is 7. The van der Waals surface area contributed by atoms with Gasteiger partial charge in [0.1, 0.15) is 12.4 Å². The van der Waals surface area contributed by atoms with Crippen molar-refractivity contribution in [2.24, 2.45) is 0 Å². The maximum Gasteiger partial charge on any atom is 0.253 e. The smallest absolute Gasteiger partial charge is 0.253 e. The fourth-order valence-electron chi connectivity index (χ4n) is 2.17. The monoisotopic (exact) mass is 360 g/mol. The van der Waals surface area contributed by atoms with Gasteiger partial charge >= 0.3 is 0 Å². The van der Waals surface area contributed by atoms with E-state index in [1.54, 1.807) is 36.2 Å². The molecule has 0 aliphatic rings. The highest BCUT2D eigenvalue weighted by molar-refractivity contribution is 6.32. The molecule has 0 saturated carbocycles. The fraction of sp³-hybridized carbons (Fsp3) is 0.263. The minimum absolute atomic E-state index is 0.0848. The Balaban J connectivity index is 1.84. The molecule has 132 valence electrons. The van der Waals surface area contributed by atoms with Crippen molar-refractivity contribution in [2.75, 3.05) is 20.2 Å². The molecule has 5 nitrogen and oxygen atoms in total. The summed E-state index contributed by atoms with van der Waals surface area (Å²) in [7, 11) is 1.73. The molecule has 0 heterocycles. The van der Waals surface area contributed by atoms with Gasteiger partial charge in [-0.25, -0.2) is 0 Å². The van der Waals surface area contributed by atoms with Gasteiger partial charge in [-0.3, -0.25) is 9.59 Å². The summed E-state index contributed by atoms with van der Waals surface area (Å²) in [5, 5.41) is 3.27. The second kappa shape index (κ2) is 9.08. The van der Waals surface area contributed by atoms with Crippen LogP contribution in [0.5, 0.6) is 5.75 Å². The number of carbonyl (C=O) groups excluding carboxylic acids is 2. The van der Waals surface area contributed by atoms with Crippen molar-refractivity contribution >= 4 is 23.4 Å². The molecule has 2 aromatic carbocycles. The summed E-state index contributed by atoms with van der Waals surface area (Å²) in [6.07, 6.45) is 0. The molecule has 2 aromatic rings. The summed E-state index contributed by atoms with van der Waals surface area (Å²) in [4.78, 5) is 24.9. The van der Waals surface area contributed by atoms with E-state index < -0.39 is 0 Å². The summed E-state index contributed by atoms with van der Waals surface area (Å²) in [6, 6.07) is 14.4. The zero-order chi connectivity index (χ0) is 18.2. The quantitative estimate of drug-likeness (QED) is 0.825. The van der Waals surface area contributed by atoms with Crippen LogP contribution in [0.4, 0.5) is 0 Å². The topological polar surface area (TPSA) is 58.6 Å². The van der Waals surface area contributed by atoms with Crippen molar-refractivity contribution < 1.29 is 14.3 Å². The molecule has 0 spiro atoms. The predicted octanol–water partition coefficient (Wildman–Crippen LogP) is 3.13. The molecule has 2 amide bonds. The van der Waals surface area contributed by atoms with Crippen molar-refractivity contribution in [1.29, 1.82) is 0 Å². The Kier molecular flexibility index (Phi) is 6.83. The number of hydrogen-bond donors (Lipinski definition) is 1. The number of carbonyl (C=O) groups is 2. The number of nitrogens with zero attached hydrogens (tertiary/aromatic N) is 1. The minimum Gasteiger partial charge on any atom is -0.490 e. The molecule has 0 aliphatic heterocycles. The lowest BCUT2D eigenvalue weighted by atomic mass is 10.1. The Hall–Kier alpha value is -2.53. The molecule has 2 rings (SSSR count). The predicted molar refractivity (Wildman–Crippen MR) is 97.9 cm³/mol. The average Bonchev–Trinajstić information content (AvgIpc) is 2.61. The highest BCUT2D eigenvalue weighted by Crippen LogP contribution is 2.22. The Morgan fingerprint density at radius 1 is 1.12 bits per heavy atom. The molecule has 0 saturated heterocycles. The Morgan fingerprint density at radius 2 is 1.80 bits per heavy atom. The molecule has 0 fully saturated rings. The van der Waals surface area contributed by atoms with E-state index in [4.69, 9.17) is 16.3 Å². The van der Waals surface area contributed by atoms with E-state index in [0.717, 1.165) is 5.56 Å². The lowest BCUT2D eigenvalue weighted by Gasteiger charge is -2.18. The second-order valence-corrected chi connectivity index (χ2v) is 6.02. The summed E-state index contributed by atoms with van der Waals surface area (Å²) in [6.45, 7) is 2.72. The summed E-state index contributed by atoms with van der Waals surface area (Å²) >= 11 is 6.03. The molecule has 0 aliphatic carbocycles. The Morgan fingerprint density at radius 3 is 2.44 bits per heavy atom. The SMILES string of the molecule is CC(=O)NCc1ccc(C(=O)N(C)CCOc2ccccc2Cl)cc1. The maximum absolute atomic E-state index is 12.4. The number of para-hydroxylation sites is 1. The highest BCUT2D eigenvalue weighted by atomic mass is 35.5. The molecule has 1 N–H and O–H groups in total. The number of likely N-dealkylation sites (N-methyl/N-ethyl adjacent to an activating group) is 1. The van der Waals surface area contributed by atoms with Crippen LogP contribution in [0.2, 0.25) is 5.02 Å². The van der Waals surface area contributed by atoms with Gasteiger partial charge in [0.2, 0.25) is 5.91 Å². The Bertz CT molecular complexity index is 732. The molecule has 6 heteroatoms. The third-order valence-electron chi connectivity index (χ3n) is 3.61.